The first kappa shape index (κ1) is 22.7. The van der Waals surface area contributed by atoms with Crippen LogP contribution in [0.15, 0.2) is 12.1 Å². The monoisotopic (exact) mass is 492 g/mol. The quantitative estimate of drug-likeness (QED) is 0.256. The summed E-state index contributed by atoms with van der Waals surface area (Å²) < 4.78 is 13.8. The van der Waals surface area contributed by atoms with Gasteiger partial charge in [0.15, 0.2) is 6.29 Å². The Balaban J connectivity index is 3.28. The van der Waals surface area contributed by atoms with Crippen molar-refractivity contribution in [3.8, 4) is 11.5 Å². The first-order chi connectivity index (χ1) is 11.0. The minimum Gasteiger partial charge on any atom is -0.543 e. The van der Waals surface area contributed by atoms with Crippen LogP contribution in [0, 0.1) is 3.57 Å². The Hall–Kier alpha value is -0.346. The molecule has 6 heteroatoms. The van der Waals surface area contributed by atoms with Gasteiger partial charge < -0.3 is 8.85 Å². The average Bonchev–Trinajstić information content (AvgIpc) is 2.38. The fraction of sp³-hybridized carbons (Fsp3) is 0.632. The van der Waals surface area contributed by atoms with Crippen LogP contribution < -0.4 is 8.85 Å². The van der Waals surface area contributed by atoms with E-state index in [2.05, 4.69) is 90.3 Å². The second-order valence-corrected chi connectivity index (χ2v) is 20.3. The zero-order valence-corrected chi connectivity index (χ0v) is 21.5. The van der Waals surface area contributed by atoms with Gasteiger partial charge >= 0.3 is 0 Å². The van der Waals surface area contributed by atoms with E-state index in [9.17, 15) is 4.79 Å². The van der Waals surface area contributed by atoms with Gasteiger partial charge in [-0.1, -0.05) is 41.5 Å². The van der Waals surface area contributed by atoms with Crippen LogP contribution in [0.1, 0.15) is 51.9 Å². The van der Waals surface area contributed by atoms with Gasteiger partial charge in [0.2, 0.25) is 0 Å². The van der Waals surface area contributed by atoms with Gasteiger partial charge in [0.25, 0.3) is 16.6 Å². The van der Waals surface area contributed by atoms with Crippen molar-refractivity contribution in [2.45, 2.75) is 77.8 Å². The van der Waals surface area contributed by atoms with Crippen molar-refractivity contribution in [2.75, 3.05) is 0 Å². The maximum absolute atomic E-state index is 11.7. The maximum Gasteiger partial charge on any atom is 0.250 e. The maximum atomic E-state index is 11.7. The van der Waals surface area contributed by atoms with Crippen LogP contribution in [0.3, 0.4) is 0 Å². The van der Waals surface area contributed by atoms with Gasteiger partial charge in [-0.25, -0.2) is 0 Å². The molecule has 0 saturated heterocycles. The molecule has 0 aliphatic carbocycles. The van der Waals surface area contributed by atoms with E-state index in [-0.39, 0.29) is 10.1 Å². The highest BCUT2D eigenvalue weighted by Crippen LogP contribution is 2.42. The van der Waals surface area contributed by atoms with E-state index >= 15 is 0 Å². The van der Waals surface area contributed by atoms with E-state index in [1.165, 1.54) is 0 Å². The molecule has 0 aromatic heterocycles. The van der Waals surface area contributed by atoms with Crippen LogP contribution in [0.5, 0.6) is 11.5 Å². The predicted octanol–water partition coefficient (Wildman–Crippen LogP) is 6.87. The van der Waals surface area contributed by atoms with E-state index in [0.29, 0.717) is 11.3 Å². The molecule has 0 unspecified atom stereocenters. The number of benzene rings is 1. The minimum absolute atomic E-state index is 0.0783. The molecule has 25 heavy (non-hydrogen) atoms. The first-order valence-corrected chi connectivity index (χ1v) is 15.6. The van der Waals surface area contributed by atoms with Gasteiger partial charge in [0.1, 0.15) is 11.5 Å². The van der Waals surface area contributed by atoms with Crippen molar-refractivity contribution in [1.29, 1.82) is 0 Å². The van der Waals surface area contributed by atoms with Gasteiger partial charge in [-0.3, -0.25) is 4.79 Å². The number of rotatable bonds is 5. The van der Waals surface area contributed by atoms with E-state index in [0.717, 1.165) is 15.6 Å². The van der Waals surface area contributed by atoms with Crippen LogP contribution in [0.25, 0.3) is 0 Å². The molecule has 0 fully saturated rings. The molecule has 0 aliphatic rings. The summed E-state index contributed by atoms with van der Waals surface area (Å²) in [6.45, 7) is 22.0. The Morgan fingerprint density at radius 2 is 1.24 bits per heavy atom. The Labute approximate surface area is 169 Å². The Morgan fingerprint density at radius 1 is 0.840 bits per heavy atom. The number of carbonyl (C=O) groups excluding carboxylic acids is 1. The van der Waals surface area contributed by atoms with Crippen LogP contribution in [0.2, 0.25) is 36.3 Å². The molecule has 3 nitrogen and oxygen atoms in total. The van der Waals surface area contributed by atoms with Crippen LogP contribution in [-0.2, 0) is 0 Å². The topological polar surface area (TPSA) is 35.5 Å². The van der Waals surface area contributed by atoms with Gasteiger partial charge in [-0.15, -0.1) is 0 Å². The lowest BCUT2D eigenvalue weighted by Crippen LogP contribution is -2.44. The molecule has 0 N–H and O–H groups in total. The van der Waals surface area contributed by atoms with Crippen molar-refractivity contribution in [3.05, 3.63) is 21.3 Å². The molecule has 0 bridgehead atoms. The SMILES string of the molecule is CC(C)(C)[Si](C)(C)Oc1cc(C=O)c(O[Si](C)(C)C(C)(C)C)cc1I. The fourth-order valence-corrected chi connectivity index (χ4v) is 4.48. The molecule has 0 spiro atoms. The Morgan fingerprint density at radius 3 is 1.60 bits per heavy atom. The van der Waals surface area contributed by atoms with Crippen molar-refractivity contribution < 1.29 is 13.6 Å². The molecular weight excluding hydrogens is 459 g/mol. The Kier molecular flexibility index (Phi) is 6.67. The molecule has 0 aliphatic heterocycles. The molecule has 0 atom stereocenters. The van der Waals surface area contributed by atoms with Crippen LogP contribution >= 0.6 is 22.6 Å². The van der Waals surface area contributed by atoms with Crippen molar-refractivity contribution in [1.82, 2.24) is 0 Å². The summed E-state index contributed by atoms with van der Waals surface area (Å²) in [5, 5.41) is 0.183. The van der Waals surface area contributed by atoms with Gasteiger partial charge in [0.05, 0.1) is 9.13 Å². The molecule has 0 saturated carbocycles. The zero-order valence-electron chi connectivity index (χ0n) is 17.3. The zero-order chi connectivity index (χ0) is 19.8. The summed E-state index contributed by atoms with van der Waals surface area (Å²) in [4.78, 5) is 11.7. The van der Waals surface area contributed by atoms with Gasteiger partial charge in [-0.05, 0) is 71.0 Å². The van der Waals surface area contributed by atoms with Crippen LogP contribution in [0.4, 0.5) is 0 Å². The Bertz CT molecular complexity index is 641. The molecule has 1 rings (SSSR count). The highest BCUT2D eigenvalue weighted by Gasteiger charge is 2.41. The van der Waals surface area contributed by atoms with Crippen molar-refractivity contribution in [3.63, 3.8) is 0 Å². The predicted molar refractivity (Wildman–Crippen MR) is 120 cm³/mol. The van der Waals surface area contributed by atoms with Gasteiger partial charge in [0, 0.05) is 0 Å². The summed E-state index contributed by atoms with van der Waals surface area (Å²) >= 11 is 2.28. The highest BCUT2D eigenvalue weighted by atomic mass is 127. The first-order valence-electron chi connectivity index (χ1n) is 8.68. The summed E-state index contributed by atoms with van der Waals surface area (Å²) in [5.74, 6) is 1.46. The third-order valence-electron chi connectivity index (χ3n) is 5.53. The third-order valence-corrected chi connectivity index (χ3v) is 15.1. The summed E-state index contributed by atoms with van der Waals surface area (Å²) in [7, 11) is -3.96. The molecular formula is C19H33IO3Si2. The molecule has 0 radical (unpaired) electrons. The number of halogens is 1. The smallest absolute Gasteiger partial charge is 0.250 e. The fourth-order valence-electron chi connectivity index (χ4n) is 1.67. The molecule has 142 valence electrons. The number of hydrogen-bond donors (Lipinski definition) is 0. The lowest BCUT2D eigenvalue weighted by Gasteiger charge is -2.38. The lowest BCUT2D eigenvalue weighted by molar-refractivity contribution is 0.112. The molecule has 1 aromatic carbocycles. The third kappa shape index (κ3) is 5.32. The van der Waals surface area contributed by atoms with Crippen molar-refractivity contribution in [2.24, 2.45) is 0 Å². The minimum atomic E-state index is -2.00. The van der Waals surface area contributed by atoms with Crippen molar-refractivity contribution >= 4 is 45.5 Å². The average molecular weight is 493 g/mol. The number of aldehydes is 1. The number of hydrogen-bond acceptors (Lipinski definition) is 3. The molecule has 1 aromatic rings. The normalized spacial score (nSPS) is 13.6. The van der Waals surface area contributed by atoms with E-state index < -0.39 is 16.6 Å². The van der Waals surface area contributed by atoms with E-state index in [1.54, 1.807) is 0 Å². The lowest BCUT2D eigenvalue weighted by atomic mass is 10.2. The van der Waals surface area contributed by atoms with E-state index in [4.69, 9.17) is 8.85 Å². The second-order valence-electron chi connectivity index (χ2n) is 9.66. The largest absolute Gasteiger partial charge is 0.543 e. The van der Waals surface area contributed by atoms with Gasteiger partial charge in [-0.2, -0.15) is 0 Å². The summed E-state index contributed by atoms with van der Waals surface area (Å²) in [6.07, 6.45) is 0.872. The highest BCUT2D eigenvalue weighted by molar-refractivity contribution is 14.1. The molecule has 0 heterocycles. The summed E-state index contributed by atoms with van der Waals surface area (Å²) in [5.41, 5.74) is 0.568. The standard InChI is InChI=1S/C19H33IO3Si2/c1-18(2,3)24(7,8)22-16-12-15(20)17(11-14(16)13-21)23-25(9,10)19(4,5)6/h11-13H,1-10H3. The van der Waals surface area contributed by atoms with Crippen LogP contribution in [-0.4, -0.2) is 22.9 Å². The second kappa shape index (κ2) is 7.34. The number of carbonyl (C=O) groups is 1. The summed E-state index contributed by atoms with van der Waals surface area (Å²) in [6, 6.07) is 3.80. The van der Waals surface area contributed by atoms with E-state index in [1.807, 2.05) is 12.1 Å². The molecule has 0 amide bonds.